The third-order valence-corrected chi connectivity index (χ3v) is 15.9. The van der Waals surface area contributed by atoms with Crippen LogP contribution in [-0.2, 0) is 15.3 Å². The van der Waals surface area contributed by atoms with Crippen molar-refractivity contribution in [3.05, 3.63) is 113 Å². The number of unbranched alkanes of at least 4 members (excludes halogenated alkanes) is 16. The Labute approximate surface area is 382 Å². The molecule has 0 saturated carbocycles. The highest BCUT2D eigenvalue weighted by Gasteiger charge is 2.29. The van der Waals surface area contributed by atoms with Gasteiger partial charge in [0.15, 0.2) is 0 Å². The van der Waals surface area contributed by atoms with Crippen molar-refractivity contribution in [3.63, 3.8) is 0 Å². The normalized spacial score (nSPS) is 13.0. The zero-order chi connectivity index (χ0) is 43.4. The van der Waals surface area contributed by atoms with Gasteiger partial charge in [-0.1, -0.05) is 217 Å². The Morgan fingerprint density at radius 3 is 1.35 bits per heavy atom. The van der Waals surface area contributed by atoms with Gasteiger partial charge in [0.1, 0.15) is 17.2 Å². The van der Waals surface area contributed by atoms with Crippen LogP contribution >= 0.6 is 31.9 Å². The molecule has 4 nitrogen and oxygen atoms in total. The van der Waals surface area contributed by atoms with Crippen LogP contribution in [0.1, 0.15) is 194 Å². The zero-order valence-corrected chi connectivity index (χ0v) is 41.7. The van der Waals surface area contributed by atoms with Crippen LogP contribution in [0.25, 0.3) is 0 Å². The van der Waals surface area contributed by atoms with E-state index in [4.69, 9.17) is 9.47 Å². The van der Waals surface area contributed by atoms with Gasteiger partial charge in [-0.3, -0.25) is 0 Å². The number of halogens is 2. The highest BCUT2D eigenvalue weighted by molar-refractivity contribution is 9.09. The molecule has 330 valence electrons. The smallest absolute Gasteiger partial charge is 0.207 e. The van der Waals surface area contributed by atoms with Crippen LogP contribution in [0.2, 0.25) is 0 Å². The molecule has 0 aliphatic heterocycles. The van der Waals surface area contributed by atoms with Crippen molar-refractivity contribution in [1.29, 1.82) is 0 Å². The van der Waals surface area contributed by atoms with E-state index >= 15 is 0 Å². The van der Waals surface area contributed by atoms with E-state index in [0.717, 1.165) is 54.5 Å². The van der Waals surface area contributed by atoms with E-state index in [2.05, 4.69) is 89.9 Å². The van der Waals surface area contributed by atoms with Crippen molar-refractivity contribution in [3.8, 4) is 17.2 Å². The average molecular weight is 967 g/mol. The lowest BCUT2D eigenvalue weighted by Crippen LogP contribution is -2.18. The van der Waals surface area contributed by atoms with Crippen molar-refractivity contribution < 1.29 is 17.9 Å². The molecule has 0 aromatic heterocycles. The van der Waals surface area contributed by atoms with Crippen LogP contribution in [-0.4, -0.2) is 15.5 Å². The third-order valence-electron chi connectivity index (χ3n) is 12.1. The quantitative estimate of drug-likeness (QED) is 0.0402. The van der Waals surface area contributed by atoms with E-state index in [9.17, 15) is 8.42 Å². The van der Waals surface area contributed by atoms with Crippen LogP contribution in [0, 0.1) is 6.92 Å². The molecular weight excluding hydrogens is 892 g/mol. The summed E-state index contributed by atoms with van der Waals surface area (Å²) in [5.74, 6) is 2.16. The van der Waals surface area contributed by atoms with Crippen molar-refractivity contribution in [1.82, 2.24) is 0 Å². The maximum Gasteiger partial charge on any atom is 0.207 e. The Bertz CT molecular complexity index is 1940. The molecule has 4 aromatic carbocycles. The predicted octanol–water partition coefficient (Wildman–Crippen LogP) is 17.7. The standard InChI is InChI=1S/C53H74Br2O4S/c1-7-9-11-13-15-17-19-21-23-25-49(54)47-39-41(3)27-37-51(47)60(56,57)52-38-36-46(40-48(52)50(55)26-24-22-20-18-16-14-12-10-8-2)59-45-34-30-43(31-35-45)53(4,5)42-28-32-44(58-6)33-29-42/h27-40,49-50H,7-26H2,1-6H3. The summed E-state index contributed by atoms with van der Waals surface area (Å²) >= 11 is 7.94. The van der Waals surface area contributed by atoms with Crippen LogP contribution in [0.3, 0.4) is 0 Å². The van der Waals surface area contributed by atoms with Gasteiger partial charge < -0.3 is 9.47 Å². The summed E-state index contributed by atoms with van der Waals surface area (Å²) < 4.78 is 41.7. The first-order chi connectivity index (χ1) is 28.9. The highest BCUT2D eigenvalue weighted by Crippen LogP contribution is 2.42. The molecule has 4 rings (SSSR count). The summed E-state index contributed by atoms with van der Waals surface area (Å²) in [6, 6.07) is 27.8. The molecular formula is C53H74Br2O4S. The van der Waals surface area contributed by atoms with Gasteiger partial charge in [-0.25, -0.2) is 8.42 Å². The van der Waals surface area contributed by atoms with Crippen molar-refractivity contribution >= 4 is 41.7 Å². The Balaban J connectivity index is 1.54. The van der Waals surface area contributed by atoms with Crippen LogP contribution < -0.4 is 9.47 Å². The van der Waals surface area contributed by atoms with E-state index in [-0.39, 0.29) is 15.1 Å². The molecule has 0 heterocycles. The second-order valence-electron chi connectivity index (χ2n) is 17.4. The number of sulfone groups is 1. The number of benzene rings is 4. The lowest BCUT2D eigenvalue weighted by atomic mass is 9.78. The molecule has 60 heavy (non-hydrogen) atoms. The minimum atomic E-state index is -3.87. The second-order valence-corrected chi connectivity index (χ2v) is 21.5. The molecule has 0 spiro atoms. The fourth-order valence-corrected chi connectivity index (χ4v) is 11.6. The molecule has 0 amide bonds. The number of ether oxygens (including phenoxy) is 2. The summed E-state index contributed by atoms with van der Waals surface area (Å²) in [7, 11) is -2.19. The van der Waals surface area contributed by atoms with Gasteiger partial charge in [0.25, 0.3) is 0 Å². The van der Waals surface area contributed by atoms with E-state index in [0.29, 0.717) is 21.3 Å². The molecule has 4 aromatic rings. The molecule has 2 atom stereocenters. The molecule has 0 fully saturated rings. The number of methoxy groups -OCH3 is 1. The lowest BCUT2D eigenvalue weighted by molar-refractivity contribution is 0.414. The maximum absolute atomic E-state index is 14.9. The molecule has 0 aliphatic rings. The Morgan fingerprint density at radius 1 is 0.517 bits per heavy atom. The Morgan fingerprint density at radius 2 is 0.900 bits per heavy atom. The van der Waals surface area contributed by atoms with E-state index in [1.54, 1.807) is 13.2 Å². The van der Waals surface area contributed by atoms with E-state index in [1.807, 2.05) is 55.5 Å². The first kappa shape index (κ1) is 50.0. The Hall–Kier alpha value is -2.61. The topological polar surface area (TPSA) is 52.6 Å². The minimum absolute atomic E-state index is 0.0443. The van der Waals surface area contributed by atoms with Crippen molar-refractivity contribution in [2.75, 3.05) is 7.11 Å². The number of hydrogen-bond acceptors (Lipinski definition) is 4. The summed E-state index contributed by atoms with van der Waals surface area (Å²) in [6.07, 6.45) is 24.3. The van der Waals surface area contributed by atoms with Crippen LogP contribution in [0.4, 0.5) is 0 Å². The van der Waals surface area contributed by atoms with Gasteiger partial charge in [-0.05, 0) is 90.6 Å². The minimum Gasteiger partial charge on any atom is -0.497 e. The first-order valence-electron chi connectivity index (χ1n) is 23.1. The van der Waals surface area contributed by atoms with Gasteiger partial charge in [-0.15, -0.1) is 0 Å². The van der Waals surface area contributed by atoms with Crippen LogP contribution in [0.15, 0.2) is 94.7 Å². The molecule has 0 bridgehead atoms. The fraction of sp³-hybridized carbons (Fsp3) is 0.547. The molecule has 7 heteroatoms. The largest absolute Gasteiger partial charge is 0.497 e. The van der Waals surface area contributed by atoms with E-state index in [1.165, 1.54) is 107 Å². The number of aryl methyl sites for hydroxylation is 1. The SMILES string of the molecule is CCCCCCCCCCCC(Br)c1cc(C)ccc1S(=O)(=O)c1ccc(Oc2ccc(C(C)(C)c3ccc(OC)cc3)cc2)cc1C(Br)CCCCCCCCCCC. The monoisotopic (exact) mass is 964 g/mol. The molecule has 0 aliphatic carbocycles. The summed E-state index contributed by atoms with van der Waals surface area (Å²) in [5.41, 5.74) is 4.81. The van der Waals surface area contributed by atoms with E-state index < -0.39 is 9.84 Å². The maximum atomic E-state index is 14.9. The van der Waals surface area contributed by atoms with Gasteiger partial charge in [0.2, 0.25) is 9.84 Å². The van der Waals surface area contributed by atoms with Gasteiger partial charge in [0, 0.05) is 15.1 Å². The number of alkyl halides is 2. The predicted molar refractivity (Wildman–Crippen MR) is 262 cm³/mol. The lowest BCUT2D eigenvalue weighted by Gasteiger charge is -2.26. The van der Waals surface area contributed by atoms with Gasteiger partial charge in [-0.2, -0.15) is 0 Å². The van der Waals surface area contributed by atoms with Crippen LogP contribution in [0.5, 0.6) is 17.2 Å². The fourth-order valence-electron chi connectivity index (χ4n) is 8.18. The Kier molecular flexibility index (Phi) is 21.8. The third kappa shape index (κ3) is 15.3. The number of hydrogen-bond donors (Lipinski definition) is 0. The summed E-state index contributed by atoms with van der Waals surface area (Å²) in [6.45, 7) is 11.0. The summed E-state index contributed by atoms with van der Waals surface area (Å²) in [5, 5.41) is 0. The molecule has 0 saturated heterocycles. The van der Waals surface area contributed by atoms with Crippen molar-refractivity contribution in [2.24, 2.45) is 0 Å². The average Bonchev–Trinajstić information content (AvgIpc) is 3.25. The second kappa shape index (κ2) is 26.1. The van der Waals surface area contributed by atoms with Gasteiger partial charge in [0.05, 0.1) is 16.9 Å². The molecule has 2 unspecified atom stereocenters. The number of rotatable bonds is 29. The first-order valence-corrected chi connectivity index (χ1v) is 26.4. The van der Waals surface area contributed by atoms with Gasteiger partial charge >= 0.3 is 0 Å². The molecule has 0 N–H and O–H groups in total. The molecule has 0 radical (unpaired) electrons. The zero-order valence-electron chi connectivity index (χ0n) is 37.7. The summed E-state index contributed by atoms with van der Waals surface area (Å²) in [4.78, 5) is 0.548. The van der Waals surface area contributed by atoms with Crippen molar-refractivity contribution in [2.45, 2.75) is 188 Å². The highest BCUT2D eigenvalue weighted by atomic mass is 79.9.